The van der Waals surface area contributed by atoms with Crippen LogP contribution in [0.2, 0.25) is 0 Å². The molecule has 2 N–H and O–H groups in total. The van der Waals surface area contributed by atoms with Gasteiger partial charge in [-0.3, -0.25) is 0 Å². The quantitative estimate of drug-likeness (QED) is 0.761. The smallest absolute Gasteiger partial charge is 0.165 e. The van der Waals surface area contributed by atoms with Crippen LogP contribution in [0.15, 0.2) is 18.2 Å². The van der Waals surface area contributed by atoms with Crippen LogP contribution in [0.4, 0.5) is 8.78 Å². The van der Waals surface area contributed by atoms with Crippen LogP contribution in [-0.4, -0.2) is 12.6 Å². The van der Waals surface area contributed by atoms with Crippen molar-refractivity contribution in [2.75, 3.05) is 6.61 Å². The summed E-state index contributed by atoms with van der Waals surface area (Å²) < 4.78 is 31.0. The molecule has 1 rings (SSSR count). The van der Waals surface area contributed by atoms with Crippen molar-refractivity contribution >= 4 is 0 Å². The molecule has 0 bridgehead atoms. The van der Waals surface area contributed by atoms with Crippen molar-refractivity contribution in [3.05, 3.63) is 29.8 Å². The molecule has 0 heterocycles. The van der Waals surface area contributed by atoms with Crippen LogP contribution in [0.5, 0.6) is 5.75 Å². The highest BCUT2D eigenvalue weighted by Crippen LogP contribution is 2.18. The van der Waals surface area contributed by atoms with E-state index >= 15 is 0 Å². The monoisotopic (exact) mass is 229 g/mol. The van der Waals surface area contributed by atoms with Gasteiger partial charge in [-0.15, -0.1) is 0 Å². The molecule has 0 radical (unpaired) electrons. The number of hydrogen-bond donors (Lipinski definition) is 1. The molecule has 0 amide bonds. The van der Waals surface area contributed by atoms with Gasteiger partial charge in [0.05, 0.1) is 6.61 Å². The van der Waals surface area contributed by atoms with Gasteiger partial charge in [-0.25, -0.2) is 8.78 Å². The van der Waals surface area contributed by atoms with E-state index in [-0.39, 0.29) is 11.8 Å². The lowest BCUT2D eigenvalue weighted by Gasteiger charge is -2.08. The molecule has 16 heavy (non-hydrogen) atoms. The summed E-state index contributed by atoms with van der Waals surface area (Å²) in [5.74, 6) is -1.05. The molecule has 1 aromatic rings. The maximum atomic E-state index is 13.1. The summed E-state index contributed by atoms with van der Waals surface area (Å²) in [5, 5.41) is 0. The predicted molar refractivity (Wildman–Crippen MR) is 59.4 cm³/mol. The van der Waals surface area contributed by atoms with Crippen LogP contribution >= 0.6 is 0 Å². The van der Waals surface area contributed by atoms with Gasteiger partial charge in [-0.05, 0) is 38.3 Å². The van der Waals surface area contributed by atoms with Crippen molar-refractivity contribution in [3.63, 3.8) is 0 Å². The van der Waals surface area contributed by atoms with Crippen LogP contribution in [0.3, 0.4) is 0 Å². The topological polar surface area (TPSA) is 35.2 Å². The highest BCUT2D eigenvalue weighted by molar-refractivity contribution is 5.24. The standard InChI is InChI=1S/C12H17F2NO/c1-9(15)4-2-3-7-16-12-8-10(13)5-6-11(12)14/h5-6,8-9H,2-4,7,15H2,1H3. The summed E-state index contributed by atoms with van der Waals surface area (Å²) in [6.45, 7) is 2.32. The first-order chi connectivity index (χ1) is 7.59. The summed E-state index contributed by atoms with van der Waals surface area (Å²) in [6, 6.07) is 3.36. The van der Waals surface area contributed by atoms with Gasteiger partial charge in [0.25, 0.3) is 0 Å². The molecule has 90 valence electrons. The Labute approximate surface area is 94.4 Å². The maximum Gasteiger partial charge on any atom is 0.165 e. The van der Waals surface area contributed by atoms with Gasteiger partial charge in [0.2, 0.25) is 0 Å². The fraction of sp³-hybridized carbons (Fsp3) is 0.500. The number of nitrogens with two attached hydrogens (primary N) is 1. The van der Waals surface area contributed by atoms with Crippen molar-refractivity contribution in [3.8, 4) is 5.75 Å². The third kappa shape index (κ3) is 4.57. The Morgan fingerprint density at radius 1 is 1.31 bits per heavy atom. The molecule has 0 saturated heterocycles. The average Bonchev–Trinajstić information content (AvgIpc) is 2.22. The molecule has 1 unspecified atom stereocenters. The molecule has 0 spiro atoms. The van der Waals surface area contributed by atoms with E-state index in [4.69, 9.17) is 10.5 Å². The highest BCUT2D eigenvalue weighted by Gasteiger charge is 2.04. The Morgan fingerprint density at radius 3 is 2.75 bits per heavy atom. The predicted octanol–water partition coefficient (Wildman–Crippen LogP) is 2.86. The summed E-state index contributed by atoms with van der Waals surface area (Å²) >= 11 is 0. The van der Waals surface area contributed by atoms with Crippen molar-refractivity contribution in [1.82, 2.24) is 0 Å². The van der Waals surface area contributed by atoms with Crippen molar-refractivity contribution in [1.29, 1.82) is 0 Å². The number of hydrogen-bond acceptors (Lipinski definition) is 2. The van der Waals surface area contributed by atoms with Gasteiger partial charge in [0, 0.05) is 12.1 Å². The summed E-state index contributed by atoms with van der Waals surface area (Å²) in [4.78, 5) is 0. The molecular formula is C12H17F2NO. The second-order valence-electron chi connectivity index (χ2n) is 3.90. The van der Waals surface area contributed by atoms with E-state index in [9.17, 15) is 8.78 Å². The Balaban J connectivity index is 2.29. The Hall–Kier alpha value is -1.16. The summed E-state index contributed by atoms with van der Waals surface area (Å²) in [7, 11) is 0. The number of benzene rings is 1. The molecule has 0 aliphatic carbocycles. The molecule has 0 aliphatic heterocycles. The molecule has 0 saturated carbocycles. The third-order valence-corrected chi connectivity index (χ3v) is 2.20. The van der Waals surface area contributed by atoms with E-state index in [0.29, 0.717) is 6.61 Å². The second-order valence-corrected chi connectivity index (χ2v) is 3.90. The molecular weight excluding hydrogens is 212 g/mol. The van der Waals surface area contributed by atoms with E-state index in [1.54, 1.807) is 0 Å². The minimum absolute atomic E-state index is 0.0270. The van der Waals surface area contributed by atoms with Crippen LogP contribution in [0, 0.1) is 11.6 Å². The first kappa shape index (κ1) is 12.9. The van der Waals surface area contributed by atoms with Crippen LogP contribution in [0.25, 0.3) is 0 Å². The van der Waals surface area contributed by atoms with E-state index in [0.717, 1.165) is 37.5 Å². The van der Waals surface area contributed by atoms with E-state index in [1.165, 1.54) is 0 Å². The zero-order valence-electron chi connectivity index (χ0n) is 9.38. The fourth-order valence-corrected chi connectivity index (χ4v) is 1.34. The van der Waals surface area contributed by atoms with Gasteiger partial charge < -0.3 is 10.5 Å². The van der Waals surface area contributed by atoms with Crippen LogP contribution in [0.1, 0.15) is 26.2 Å². The lowest BCUT2D eigenvalue weighted by atomic mass is 10.1. The van der Waals surface area contributed by atoms with Gasteiger partial charge in [-0.2, -0.15) is 0 Å². The van der Waals surface area contributed by atoms with Gasteiger partial charge in [0.15, 0.2) is 11.6 Å². The number of halogens is 2. The highest BCUT2D eigenvalue weighted by atomic mass is 19.1. The number of rotatable bonds is 6. The number of unbranched alkanes of at least 4 members (excludes halogenated alkanes) is 1. The largest absolute Gasteiger partial charge is 0.490 e. The Morgan fingerprint density at radius 2 is 2.06 bits per heavy atom. The zero-order valence-corrected chi connectivity index (χ0v) is 9.38. The van der Waals surface area contributed by atoms with E-state index in [2.05, 4.69) is 0 Å². The molecule has 0 aromatic heterocycles. The Bertz CT molecular complexity index is 329. The molecule has 4 heteroatoms. The van der Waals surface area contributed by atoms with Crippen molar-refractivity contribution in [2.24, 2.45) is 5.73 Å². The first-order valence-corrected chi connectivity index (χ1v) is 5.43. The molecule has 0 aliphatic rings. The lowest BCUT2D eigenvalue weighted by Crippen LogP contribution is -2.14. The average molecular weight is 229 g/mol. The maximum absolute atomic E-state index is 13.1. The first-order valence-electron chi connectivity index (χ1n) is 5.43. The number of ether oxygens (including phenoxy) is 1. The van der Waals surface area contributed by atoms with E-state index in [1.807, 2.05) is 6.92 Å². The fourth-order valence-electron chi connectivity index (χ4n) is 1.34. The Kier molecular flexibility index (Phi) is 5.19. The van der Waals surface area contributed by atoms with E-state index < -0.39 is 11.6 Å². The van der Waals surface area contributed by atoms with Crippen LogP contribution in [-0.2, 0) is 0 Å². The van der Waals surface area contributed by atoms with Gasteiger partial charge >= 0.3 is 0 Å². The second kappa shape index (κ2) is 6.43. The summed E-state index contributed by atoms with van der Waals surface area (Å²) in [5.41, 5.74) is 5.58. The minimum atomic E-state index is -0.534. The lowest BCUT2D eigenvalue weighted by molar-refractivity contribution is 0.288. The SMILES string of the molecule is CC(N)CCCCOc1cc(F)ccc1F. The summed E-state index contributed by atoms with van der Waals surface area (Å²) in [6.07, 6.45) is 2.63. The normalized spacial score (nSPS) is 12.5. The van der Waals surface area contributed by atoms with Crippen LogP contribution < -0.4 is 10.5 Å². The molecule has 1 atom stereocenters. The van der Waals surface area contributed by atoms with Gasteiger partial charge in [0.1, 0.15) is 5.82 Å². The molecule has 1 aromatic carbocycles. The zero-order chi connectivity index (χ0) is 12.0. The van der Waals surface area contributed by atoms with Crippen molar-refractivity contribution < 1.29 is 13.5 Å². The third-order valence-electron chi connectivity index (χ3n) is 2.20. The minimum Gasteiger partial charge on any atom is -0.490 e. The van der Waals surface area contributed by atoms with Gasteiger partial charge in [-0.1, -0.05) is 0 Å². The molecule has 2 nitrogen and oxygen atoms in total. The molecule has 0 fully saturated rings. The van der Waals surface area contributed by atoms with Crippen molar-refractivity contribution in [2.45, 2.75) is 32.2 Å².